The maximum atomic E-state index is 13.1. The summed E-state index contributed by atoms with van der Waals surface area (Å²) in [6, 6.07) is 14.5. The molecule has 2 fully saturated rings. The largest absolute Gasteiger partial charge is 0.338 e. The standard InChI is InChI=1S/C21H25N3O/c1-17-5-4-6-18(13-17)14-24-12-9-21(20(24)25)8-11-23(16-21)15-19-7-2-3-10-22-19/h2-7,10,13H,8-9,11-12,14-16H2,1H3/t21-/m0/s1. The van der Waals surface area contributed by atoms with Gasteiger partial charge in [-0.1, -0.05) is 35.9 Å². The summed E-state index contributed by atoms with van der Waals surface area (Å²) in [5.41, 5.74) is 3.40. The number of benzene rings is 1. The lowest BCUT2D eigenvalue weighted by molar-refractivity contribution is -0.136. The van der Waals surface area contributed by atoms with E-state index < -0.39 is 0 Å². The van der Waals surface area contributed by atoms with Crippen molar-refractivity contribution in [3.63, 3.8) is 0 Å². The molecule has 1 aromatic carbocycles. The number of nitrogens with zero attached hydrogens (tertiary/aromatic N) is 3. The van der Waals surface area contributed by atoms with E-state index in [1.165, 1.54) is 11.1 Å². The third kappa shape index (κ3) is 3.31. The van der Waals surface area contributed by atoms with Gasteiger partial charge in [-0.05, 0) is 44.0 Å². The number of amides is 1. The molecule has 1 atom stereocenters. The summed E-state index contributed by atoms with van der Waals surface area (Å²) >= 11 is 0. The Morgan fingerprint density at radius 3 is 2.76 bits per heavy atom. The molecule has 0 radical (unpaired) electrons. The van der Waals surface area contributed by atoms with Crippen molar-refractivity contribution in [3.8, 4) is 0 Å². The molecule has 0 bridgehead atoms. The number of hydrogen-bond donors (Lipinski definition) is 0. The minimum absolute atomic E-state index is 0.168. The Balaban J connectivity index is 1.41. The van der Waals surface area contributed by atoms with Crippen LogP contribution in [0, 0.1) is 12.3 Å². The van der Waals surface area contributed by atoms with Crippen molar-refractivity contribution in [1.82, 2.24) is 14.8 Å². The van der Waals surface area contributed by atoms with Crippen molar-refractivity contribution in [3.05, 3.63) is 65.5 Å². The zero-order valence-electron chi connectivity index (χ0n) is 14.8. The van der Waals surface area contributed by atoms with Crippen molar-refractivity contribution in [2.24, 2.45) is 5.41 Å². The number of aryl methyl sites for hydroxylation is 1. The molecule has 2 aromatic rings. The Hall–Kier alpha value is -2.20. The van der Waals surface area contributed by atoms with Crippen LogP contribution in [0.15, 0.2) is 48.7 Å². The molecule has 0 N–H and O–H groups in total. The molecule has 1 aromatic heterocycles. The van der Waals surface area contributed by atoms with Gasteiger partial charge >= 0.3 is 0 Å². The van der Waals surface area contributed by atoms with Crippen molar-refractivity contribution in [2.45, 2.75) is 32.9 Å². The Morgan fingerprint density at radius 2 is 1.96 bits per heavy atom. The Morgan fingerprint density at radius 1 is 1.08 bits per heavy atom. The van der Waals surface area contributed by atoms with Gasteiger partial charge in [-0.15, -0.1) is 0 Å². The summed E-state index contributed by atoms with van der Waals surface area (Å²) in [5, 5.41) is 0. The topological polar surface area (TPSA) is 36.4 Å². The first-order chi connectivity index (χ1) is 12.1. The second-order valence-electron chi connectivity index (χ2n) is 7.53. The van der Waals surface area contributed by atoms with Crippen molar-refractivity contribution in [2.75, 3.05) is 19.6 Å². The Bertz CT molecular complexity index is 761. The van der Waals surface area contributed by atoms with E-state index >= 15 is 0 Å². The molecule has 4 rings (SSSR count). The van der Waals surface area contributed by atoms with Gasteiger partial charge in [0.2, 0.25) is 5.91 Å². The van der Waals surface area contributed by atoms with E-state index in [2.05, 4.69) is 52.0 Å². The maximum absolute atomic E-state index is 13.1. The first-order valence-electron chi connectivity index (χ1n) is 9.12. The lowest BCUT2D eigenvalue weighted by Gasteiger charge is -2.24. The second kappa shape index (κ2) is 6.60. The zero-order valence-corrected chi connectivity index (χ0v) is 14.8. The SMILES string of the molecule is Cc1cccc(CN2CC[C@]3(CCN(Cc4ccccn4)C3)C2=O)c1. The molecule has 3 heterocycles. The monoisotopic (exact) mass is 335 g/mol. The predicted molar refractivity (Wildman–Crippen MR) is 97.8 cm³/mol. The molecule has 25 heavy (non-hydrogen) atoms. The molecule has 2 saturated heterocycles. The zero-order chi connectivity index (χ0) is 17.3. The van der Waals surface area contributed by atoms with E-state index in [-0.39, 0.29) is 5.41 Å². The van der Waals surface area contributed by atoms with Crippen LogP contribution in [-0.4, -0.2) is 40.3 Å². The van der Waals surface area contributed by atoms with Crippen molar-refractivity contribution < 1.29 is 4.79 Å². The quantitative estimate of drug-likeness (QED) is 0.862. The summed E-state index contributed by atoms with van der Waals surface area (Å²) in [7, 11) is 0. The molecule has 4 heteroatoms. The lowest BCUT2D eigenvalue weighted by Crippen LogP contribution is -2.36. The van der Waals surface area contributed by atoms with Gasteiger partial charge in [-0.3, -0.25) is 14.7 Å². The number of pyridine rings is 1. The van der Waals surface area contributed by atoms with E-state index in [0.29, 0.717) is 5.91 Å². The predicted octanol–water partition coefficient (Wildman–Crippen LogP) is 3.01. The number of rotatable bonds is 4. The normalized spacial score (nSPS) is 23.7. The minimum Gasteiger partial charge on any atom is -0.338 e. The number of carbonyl (C=O) groups is 1. The fourth-order valence-electron chi connectivity index (χ4n) is 4.27. The summed E-state index contributed by atoms with van der Waals surface area (Å²) in [5.74, 6) is 0.345. The first-order valence-corrected chi connectivity index (χ1v) is 9.12. The highest BCUT2D eigenvalue weighted by molar-refractivity contribution is 5.85. The summed E-state index contributed by atoms with van der Waals surface area (Å²) in [6.07, 6.45) is 3.80. The average molecular weight is 335 g/mol. The molecule has 2 aliphatic heterocycles. The van der Waals surface area contributed by atoms with Crippen LogP contribution < -0.4 is 0 Å². The van der Waals surface area contributed by atoms with Gasteiger partial charge in [0.1, 0.15) is 0 Å². The maximum Gasteiger partial charge on any atom is 0.230 e. The van der Waals surface area contributed by atoms with Gasteiger partial charge in [0, 0.05) is 32.4 Å². The molecule has 4 nitrogen and oxygen atoms in total. The van der Waals surface area contributed by atoms with E-state index in [1.54, 1.807) is 0 Å². The van der Waals surface area contributed by atoms with Gasteiger partial charge in [-0.2, -0.15) is 0 Å². The number of aromatic nitrogens is 1. The minimum atomic E-state index is -0.168. The number of hydrogen-bond acceptors (Lipinski definition) is 3. The van der Waals surface area contributed by atoms with Crippen LogP contribution in [0.2, 0.25) is 0 Å². The van der Waals surface area contributed by atoms with Crippen LogP contribution in [-0.2, 0) is 17.9 Å². The van der Waals surface area contributed by atoms with Gasteiger partial charge in [0.25, 0.3) is 0 Å². The van der Waals surface area contributed by atoms with Crippen LogP contribution in [0.1, 0.15) is 29.7 Å². The van der Waals surface area contributed by atoms with E-state index in [0.717, 1.165) is 51.3 Å². The summed E-state index contributed by atoms with van der Waals surface area (Å²) < 4.78 is 0. The third-order valence-corrected chi connectivity index (χ3v) is 5.60. The van der Waals surface area contributed by atoms with Crippen LogP contribution in [0.5, 0.6) is 0 Å². The van der Waals surface area contributed by atoms with E-state index in [4.69, 9.17) is 0 Å². The van der Waals surface area contributed by atoms with Gasteiger partial charge in [-0.25, -0.2) is 0 Å². The smallest absolute Gasteiger partial charge is 0.230 e. The van der Waals surface area contributed by atoms with Crippen LogP contribution >= 0.6 is 0 Å². The number of likely N-dealkylation sites (tertiary alicyclic amines) is 2. The third-order valence-electron chi connectivity index (χ3n) is 5.60. The molecule has 1 spiro atoms. The highest BCUT2D eigenvalue weighted by atomic mass is 16.2. The Labute approximate surface area is 149 Å². The molecule has 0 unspecified atom stereocenters. The van der Waals surface area contributed by atoms with Crippen LogP contribution in [0.4, 0.5) is 0 Å². The molecule has 0 aliphatic carbocycles. The first kappa shape index (κ1) is 16.3. The fraction of sp³-hybridized carbons (Fsp3) is 0.429. The van der Waals surface area contributed by atoms with E-state index in [9.17, 15) is 4.79 Å². The fourth-order valence-corrected chi connectivity index (χ4v) is 4.27. The van der Waals surface area contributed by atoms with E-state index in [1.807, 2.05) is 18.3 Å². The second-order valence-corrected chi connectivity index (χ2v) is 7.53. The van der Waals surface area contributed by atoms with Crippen LogP contribution in [0.3, 0.4) is 0 Å². The summed E-state index contributed by atoms with van der Waals surface area (Å²) in [6.45, 7) is 6.41. The average Bonchev–Trinajstić information content (AvgIpc) is 3.15. The highest BCUT2D eigenvalue weighted by Gasteiger charge is 2.50. The van der Waals surface area contributed by atoms with Gasteiger partial charge < -0.3 is 4.90 Å². The molecular weight excluding hydrogens is 310 g/mol. The molecule has 0 saturated carbocycles. The molecule has 1 amide bonds. The highest BCUT2D eigenvalue weighted by Crippen LogP contribution is 2.41. The lowest BCUT2D eigenvalue weighted by atomic mass is 9.85. The van der Waals surface area contributed by atoms with Crippen molar-refractivity contribution in [1.29, 1.82) is 0 Å². The molecule has 2 aliphatic rings. The van der Waals surface area contributed by atoms with Crippen molar-refractivity contribution >= 4 is 5.91 Å². The van der Waals surface area contributed by atoms with Gasteiger partial charge in [0.05, 0.1) is 11.1 Å². The summed E-state index contributed by atoms with van der Waals surface area (Å²) in [4.78, 5) is 22.0. The Kier molecular flexibility index (Phi) is 4.30. The molecule has 130 valence electrons. The number of carbonyl (C=O) groups excluding carboxylic acids is 1. The van der Waals surface area contributed by atoms with Crippen LogP contribution in [0.25, 0.3) is 0 Å². The van der Waals surface area contributed by atoms with Gasteiger partial charge in [0.15, 0.2) is 0 Å². The molecular formula is C21H25N3O.